The van der Waals surface area contributed by atoms with Crippen molar-refractivity contribution in [1.82, 2.24) is 0 Å². The Morgan fingerprint density at radius 1 is 1.17 bits per heavy atom. The first-order chi connectivity index (χ1) is 14.3. The minimum Gasteiger partial charge on any atom is -0.450 e. The van der Waals surface area contributed by atoms with Gasteiger partial charge in [-0.2, -0.15) is 0 Å². The van der Waals surface area contributed by atoms with Crippen LogP contribution in [0.4, 0.5) is 0 Å². The Bertz CT molecular complexity index is 812. The second-order valence-corrected chi connectivity index (χ2v) is 9.08. The summed E-state index contributed by atoms with van der Waals surface area (Å²) in [5, 5.41) is 10.8. The lowest BCUT2D eigenvalue weighted by molar-refractivity contribution is -0.199. The van der Waals surface area contributed by atoms with Crippen LogP contribution in [0.25, 0.3) is 0 Å². The maximum atomic E-state index is 13.3. The van der Waals surface area contributed by atoms with Gasteiger partial charge in [0.2, 0.25) is 11.6 Å². The molecule has 0 amide bonds. The number of hydrogen-bond acceptors (Lipinski definition) is 7. The minimum absolute atomic E-state index is 0.0102. The van der Waals surface area contributed by atoms with E-state index in [2.05, 4.69) is 6.92 Å². The third-order valence-corrected chi connectivity index (χ3v) is 7.03. The van der Waals surface area contributed by atoms with Crippen LogP contribution in [0.5, 0.6) is 0 Å². The standard InChI is InChI=1S/C23H30O7/c1-3-4-5-6-7-8-17(24)19-16-11-14-12-23(10-9-18(25)29-23)28-13-15(14)20(26)22(16,2)30-21(19)27/h9-10,16-17,19,24H,3-8,11-13H2,1-2H3/t16-,17?,19+,22-,23-/m1/s1. The smallest absolute Gasteiger partial charge is 0.333 e. The number of aliphatic hydroxyl groups is 1. The van der Waals surface area contributed by atoms with Crippen molar-refractivity contribution >= 4 is 17.7 Å². The molecule has 1 saturated heterocycles. The van der Waals surface area contributed by atoms with Crippen LogP contribution in [0, 0.1) is 11.8 Å². The van der Waals surface area contributed by atoms with Crippen molar-refractivity contribution in [3.8, 4) is 0 Å². The predicted molar refractivity (Wildman–Crippen MR) is 106 cm³/mol. The summed E-state index contributed by atoms with van der Waals surface area (Å²) < 4.78 is 16.6. The topological polar surface area (TPSA) is 99.1 Å². The monoisotopic (exact) mass is 418 g/mol. The van der Waals surface area contributed by atoms with Gasteiger partial charge in [0.15, 0.2) is 5.60 Å². The molecule has 0 radical (unpaired) electrons. The molecule has 7 nitrogen and oxygen atoms in total. The van der Waals surface area contributed by atoms with Gasteiger partial charge in [-0.25, -0.2) is 4.79 Å². The lowest BCUT2D eigenvalue weighted by Crippen LogP contribution is -2.51. The summed E-state index contributed by atoms with van der Waals surface area (Å²) in [7, 11) is 0. The average molecular weight is 418 g/mol. The van der Waals surface area contributed by atoms with Gasteiger partial charge in [0.05, 0.1) is 18.6 Å². The molecule has 4 aliphatic rings. The van der Waals surface area contributed by atoms with Crippen LogP contribution in [0.1, 0.15) is 65.2 Å². The third-order valence-electron chi connectivity index (χ3n) is 7.03. The van der Waals surface area contributed by atoms with E-state index in [0.29, 0.717) is 18.4 Å². The Balaban J connectivity index is 1.51. The van der Waals surface area contributed by atoms with Gasteiger partial charge >= 0.3 is 11.9 Å². The van der Waals surface area contributed by atoms with E-state index in [1.165, 1.54) is 6.08 Å². The maximum Gasteiger partial charge on any atom is 0.333 e. The maximum absolute atomic E-state index is 13.3. The Kier molecular flexibility index (Phi) is 5.62. The average Bonchev–Trinajstić information content (AvgIpc) is 3.18. The normalized spacial score (nSPS) is 36.0. The summed E-state index contributed by atoms with van der Waals surface area (Å²) in [6, 6.07) is 0. The highest BCUT2D eigenvalue weighted by Crippen LogP contribution is 2.51. The lowest BCUT2D eigenvalue weighted by atomic mass is 9.66. The van der Waals surface area contributed by atoms with Crippen molar-refractivity contribution in [2.45, 2.75) is 82.7 Å². The Labute approximate surface area is 176 Å². The number of esters is 2. The lowest BCUT2D eigenvalue weighted by Gasteiger charge is -2.42. The predicted octanol–water partition coefficient (Wildman–Crippen LogP) is 2.75. The van der Waals surface area contributed by atoms with Crippen LogP contribution in [-0.2, 0) is 28.6 Å². The van der Waals surface area contributed by atoms with Gasteiger partial charge in [0.25, 0.3) is 0 Å². The van der Waals surface area contributed by atoms with Gasteiger partial charge in [-0.1, -0.05) is 44.6 Å². The molecular weight excluding hydrogens is 388 g/mol. The van der Waals surface area contributed by atoms with Crippen molar-refractivity contribution in [1.29, 1.82) is 0 Å². The third kappa shape index (κ3) is 3.52. The van der Waals surface area contributed by atoms with Crippen molar-refractivity contribution < 1.29 is 33.7 Å². The molecular formula is C23H30O7. The number of hydrogen-bond donors (Lipinski definition) is 1. The summed E-state index contributed by atoms with van der Waals surface area (Å²) >= 11 is 0. The fourth-order valence-corrected chi connectivity index (χ4v) is 5.30. The summed E-state index contributed by atoms with van der Waals surface area (Å²) in [5.41, 5.74) is 0.0459. The highest BCUT2D eigenvalue weighted by Gasteiger charge is 2.62. The number of fused-ring (bicyclic) bond motifs is 1. The summed E-state index contributed by atoms with van der Waals surface area (Å²) in [6.07, 6.45) is 8.57. The Morgan fingerprint density at radius 3 is 2.63 bits per heavy atom. The highest BCUT2D eigenvalue weighted by atomic mass is 16.7. The van der Waals surface area contributed by atoms with Crippen LogP contribution >= 0.6 is 0 Å². The van der Waals surface area contributed by atoms with E-state index in [1.807, 2.05) is 0 Å². The zero-order valence-corrected chi connectivity index (χ0v) is 17.6. The molecule has 0 aromatic heterocycles. The Hall–Kier alpha value is -1.99. The summed E-state index contributed by atoms with van der Waals surface area (Å²) in [4.78, 5) is 37.5. The van der Waals surface area contributed by atoms with Crippen LogP contribution in [-0.4, -0.2) is 46.9 Å². The number of unbranched alkanes of at least 4 members (excludes halogenated alkanes) is 4. The summed E-state index contributed by atoms with van der Waals surface area (Å²) in [6.45, 7) is 3.81. The SMILES string of the molecule is CCCCCCCC(O)[C@H]1C(=O)O[C@@]2(C)C(=O)C3=C(C[C@H]12)C[C@]1(C=CC(=O)O1)OC3. The molecule has 0 aromatic rings. The van der Waals surface area contributed by atoms with Gasteiger partial charge in [-0.05, 0) is 25.8 Å². The van der Waals surface area contributed by atoms with Crippen LogP contribution in [0.15, 0.2) is 23.3 Å². The molecule has 0 bridgehead atoms. The quantitative estimate of drug-likeness (QED) is 0.501. The molecule has 7 heteroatoms. The van der Waals surface area contributed by atoms with E-state index in [0.717, 1.165) is 37.7 Å². The number of ether oxygens (including phenoxy) is 3. The van der Waals surface area contributed by atoms with Crippen molar-refractivity contribution in [3.05, 3.63) is 23.3 Å². The fraction of sp³-hybridized carbons (Fsp3) is 0.696. The molecule has 0 aromatic carbocycles. The van der Waals surface area contributed by atoms with Gasteiger partial charge in [0.1, 0.15) is 0 Å². The van der Waals surface area contributed by atoms with Gasteiger partial charge in [-0.15, -0.1) is 0 Å². The molecule has 1 aliphatic carbocycles. The molecule has 5 atom stereocenters. The second kappa shape index (κ2) is 7.93. The molecule has 30 heavy (non-hydrogen) atoms. The number of Topliss-reactive ketones (excluding diaryl/α,β-unsaturated/α-hetero) is 1. The molecule has 0 saturated carbocycles. The number of ketones is 1. The van der Waals surface area contributed by atoms with E-state index in [1.54, 1.807) is 13.0 Å². The van der Waals surface area contributed by atoms with Gasteiger partial charge < -0.3 is 19.3 Å². The number of rotatable bonds is 7. The van der Waals surface area contributed by atoms with E-state index in [4.69, 9.17) is 14.2 Å². The van der Waals surface area contributed by atoms with Crippen molar-refractivity contribution in [2.75, 3.05) is 6.61 Å². The number of aliphatic hydroxyl groups excluding tert-OH is 1. The molecule has 1 fully saturated rings. The van der Waals surface area contributed by atoms with E-state index >= 15 is 0 Å². The van der Waals surface area contributed by atoms with E-state index in [-0.39, 0.29) is 18.8 Å². The van der Waals surface area contributed by atoms with E-state index in [9.17, 15) is 19.5 Å². The zero-order valence-electron chi connectivity index (χ0n) is 17.6. The van der Waals surface area contributed by atoms with Crippen LogP contribution in [0.2, 0.25) is 0 Å². The molecule has 1 N–H and O–H groups in total. The summed E-state index contributed by atoms with van der Waals surface area (Å²) in [5.74, 6) is -3.55. The van der Waals surface area contributed by atoms with Crippen LogP contribution in [0.3, 0.4) is 0 Å². The van der Waals surface area contributed by atoms with E-state index < -0.39 is 41.3 Å². The first kappa shape index (κ1) is 21.2. The van der Waals surface area contributed by atoms with Crippen LogP contribution < -0.4 is 0 Å². The van der Waals surface area contributed by atoms with Gasteiger partial charge in [-0.3, -0.25) is 9.59 Å². The fourth-order valence-electron chi connectivity index (χ4n) is 5.30. The molecule has 3 aliphatic heterocycles. The molecule has 164 valence electrons. The highest BCUT2D eigenvalue weighted by molar-refractivity contribution is 6.06. The number of carbonyl (C=O) groups excluding carboxylic acids is 3. The molecule has 1 unspecified atom stereocenters. The molecule has 4 rings (SSSR count). The molecule has 1 spiro atoms. The molecule has 3 heterocycles. The van der Waals surface area contributed by atoms with Crippen molar-refractivity contribution in [2.24, 2.45) is 11.8 Å². The minimum atomic E-state index is -1.28. The Morgan fingerprint density at radius 2 is 1.93 bits per heavy atom. The first-order valence-electron chi connectivity index (χ1n) is 11.0. The zero-order chi connectivity index (χ0) is 21.5. The number of carbonyl (C=O) groups is 3. The first-order valence-corrected chi connectivity index (χ1v) is 11.0. The second-order valence-electron chi connectivity index (χ2n) is 9.08. The largest absolute Gasteiger partial charge is 0.450 e. The van der Waals surface area contributed by atoms with Gasteiger partial charge in [0, 0.05) is 24.0 Å². The van der Waals surface area contributed by atoms with Crippen molar-refractivity contribution in [3.63, 3.8) is 0 Å².